The molecular weight excluding hydrogens is 344 g/mol. The molecule has 2 aromatic heterocycles. The van der Waals surface area contributed by atoms with Gasteiger partial charge in [-0.05, 0) is 48.9 Å². The summed E-state index contributed by atoms with van der Waals surface area (Å²) in [5.74, 6) is -1.72. The van der Waals surface area contributed by atoms with E-state index in [0.717, 1.165) is 19.3 Å². The van der Waals surface area contributed by atoms with Crippen LogP contribution >= 0.6 is 0 Å². The molecule has 1 saturated carbocycles. The summed E-state index contributed by atoms with van der Waals surface area (Å²) in [4.78, 5) is 21.1. The Morgan fingerprint density at radius 2 is 1.81 bits per heavy atom. The van der Waals surface area contributed by atoms with Crippen LogP contribution in [-0.2, 0) is 0 Å². The molecule has 6 nitrogen and oxygen atoms in total. The van der Waals surface area contributed by atoms with Gasteiger partial charge in [-0.2, -0.15) is 8.78 Å². The summed E-state index contributed by atoms with van der Waals surface area (Å²) in [6.07, 6.45) is 4.76. The third kappa shape index (κ3) is 3.31. The van der Waals surface area contributed by atoms with Crippen molar-refractivity contribution < 1.29 is 23.0 Å². The van der Waals surface area contributed by atoms with E-state index in [9.17, 15) is 13.6 Å². The number of rotatable bonds is 4. The van der Waals surface area contributed by atoms with Crippen molar-refractivity contribution in [2.45, 2.75) is 25.3 Å². The topological polar surface area (TPSA) is 64.5 Å². The predicted octanol–water partition coefficient (Wildman–Crippen LogP) is 3.19. The minimum atomic E-state index is -0.841. The molecule has 1 aliphatic heterocycles. The summed E-state index contributed by atoms with van der Waals surface area (Å²) in [6, 6.07) is 5.62. The number of hydrogen-bond donors (Lipinski definition) is 0. The third-order valence-corrected chi connectivity index (χ3v) is 4.89. The van der Waals surface area contributed by atoms with Crippen LogP contribution < -0.4 is 9.47 Å². The van der Waals surface area contributed by atoms with E-state index in [1.807, 2.05) is 0 Å². The molecule has 1 amide bonds. The van der Waals surface area contributed by atoms with Crippen molar-refractivity contribution in [3.8, 4) is 11.5 Å². The highest BCUT2D eigenvalue weighted by molar-refractivity contribution is 5.71. The van der Waals surface area contributed by atoms with Crippen LogP contribution in [0.15, 0.2) is 36.7 Å². The van der Waals surface area contributed by atoms with Crippen LogP contribution in [0.1, 0.15) is 19.3 Å². The van der Waals surface area contributed by atoms with Crippen LogP contribution in [0.25, 0.3) is 0 Å². The van der Waals surface area contributed by atoms with Crippen LogP contribution in [0.3, 0.4) is 0 Å². The van der Waals surface area contributed by atoms with Gasteiger partial charge in [-0.1, -0.05) is 0 Å². The summed E-state index contributed by atoms with van der Waals surface area (Å²) in [6.45, 7) is 0.645. The van der Waals surface area contributed by atoms with Crippen molar-refractivity contribution in [2.75, 3.05) is 13.2 Å². The highest BCUT2D eigenvalue weighted by Gasteiger charge is 2.54. The number of ether oxygens (including phenoxy) is 2. The van der Waals surface area contributed by atoms with Gasteiger partial charge < -0.3 is 14.4 Å². The smallest absolute Gasteiger partial charge is 0.415 e. The Kier molecular flexibility index (Phi) is 4.18. The number of hydrogen-bond acceptors (Lipinski definition) is 5. The van der Waals surface area contributed by atoms with Crippen LogP contribution in [-0.4, -0.2) is 40.2 Å². The minimum absolute atomic E-state index is 0.0378. The predicted molar refractivity (Wildman–Crippen MR) is 86.7 cm³/mol. The molecule has 2 aliphatic rings. The maximum Gasteiger partial charge on any atom is 0.415 e. The van der Waals surface area contributed by atoms with Crippen molar-refractivity contribution in [1.29, 1.82) is 0 Å². The molecule has 0 N–H and O–H groups in total. The summed E-state index contributed by atoms with van der Waals surface area (Å²) < 4.78 is 37.9. The number of halogens is 2. The van der Waals surface area contributed by atoms with E-state index in [4.69, 9.17) is 9.47 Å². The first-order valence-electron chi connectivity index (χ1n) is 8.39. The zero-order valence-electron chi connectivity index (χ0n) is 13.9. The SMILES string of the molecule is O=C(Oc1cccnc1F)N1CC2(CC2)C[C@H]1COc1cccnc1F. The lowest BCUT2D eigenvalue weighted by Gasteiger charge is -2.24. The van der Waals surface area contributed by atoms with Gasteiger partial charge in [0.15, 0.2) is 11.5 Å². The largest absolute Gasteiger partial charge is 0.487 e. The lowest BCUT2D eigenvalue weighted by atomic mass is 10.0. The fourth-order valence-corrected chi connectivity index (χ4v) is 3.33. The van der Waals surface area contributed by atoms with Gasteiger partial charge >= 0.3 is 6.09 Å². The van der Waals surface area contributed by atoms with Crippen molar-refractivity contribution in [3.05, 3.63) is 48.6 Å². The molecule has 1 saturated heterocycles. The van der Waals surface area contributed by atoms with E-state index in [2.05, 4.69) is 9.97 Å². The second-order valence-electron chi connectivity index (χ2n) is 6.75. The second kappa shape index (κ2) is 6.51. The summed E-state index contributed by atoms with van der Waals surface area (Å²) in [5, 5.41) is 0. The molecule has 0 bridgehead atoms. The van der Waals surface area contributed by atoms with E-state index in [0.29, 0.717) is 6.54 Å². The standard InChI is InChI=1S/C18H17F2N3O3/c19-15-13(3-1-7-21-15)25-10-12-9-18(5-6-18)11-23(12)17(24)26-14-4-2-8-22-16(14)20/h1-4,7-8,12H,5-6,9-11H2/t12-/m0/s1. The highest BCUT2D eigenvalue weighted by atomic mass is 19.1. The first-order valence-corrected chi connectivity index (χ1v) is 8.39. The van der Waals surface area contributed by atoms with Crippen LogP contribution in [0.2, 0.25) is 0 Å². The van der Waals surface area contributed by atoms with Crippen LogP contribution in [0, 0.1) is 17.3 Å². The van der Waals surface area contributed by atoms with Crippen molar-refractivity contribution in [2.24, 2.45) is 5.41 Å². The van der Waals surface area contributed by atoms with E-state index < -0.39 is 18.0 Å². The molecule has 136 valence electrons. The molecule has 0 aromatic carbocycles. The molecule has 2 aromatic rings. The molecule has 8 heteroatoms. The lowest BCUT2D eigenvalue weighted by molar-refractivity contribution is 0.125. The lowest BCUT2D eigenvalue weighted by Crippen LogP contribution is -2.41. The van der Waals surface area contributed by atoms with E-state index in [-0.39, 0.29) is 29.6 Å². The quantitative estimate of drug-likeness (QED) is 0.783. The van der Waals surface area contributed by atoms with Gasteiger partial charge in [-0.25, -0.2) is 14.8 Å². The zero-order chi connectivity index (χ0) is 18.1. The Morgan fingerprint density at radius 1 is 1.15 bits per heavy atom. The number of likely N-dealkylation sites (tertiary alicyclic amines) is 1. The van der Waals surface area contributed by atoms with E-state index in [1.54, 1.807) is 6.07 Å². The number of carbonyl (C=O) groups is 1. The number of aromatic nitrogens is 2. The Hall–Kier alpha value is -2.77. The molecule has 3 heterocycles. The molecule has 1 atom stereocenters. The monoisotopic (exact) mass is 361 g/mol. The summed E-state index contributed by atoms with van der Waals surface area (Å²) in [5.41, 5.74) is 0.0774. The van der Waals surface area contributed by atoms with Gasteiger partial charge in [0.05, 0.1) is 6.04 Å². The van der Waals surface area contributed by atoms with Crippen LogP contribution in [0.5, 0.6) is 11.5 Å². The first-order chi connectivity index (χ1) is 12.6. The maximum atomic E-state index is 13.6. The van der Waals surface area contributed by atoms with E-state index >= 15 is 0 Å². The van der Waals surface area contributed by atoms with E-state index in [1.165, 1.54) is 35.5 Å². The average Bonchev–Trinajstić information content (AvgIpc) is 3.28. The van der Waals surface area contributed by atoms with Gasteiger partial charge in [0, 0.05) is 18.9 Å². The van der Waals surface area contributed by atoms with Gasteiger partial charge in [0.2, 0.25) is 0 Å². The van der Waals surface area contributed by atoms with Gasteiger partial charge in [0.1, 0.15) is 6.61 Å². The first kappa shape index (κ1) is 16.7. The normalized spacial score (nSPS) is 20.2. The number of pyridine rings is 2. The molecule has 1 spiro atoms. The Bertz CT molecular complexity index is 829. The molecular formula is C18H17F2N3O3. The molecule has 26 heavy (non-hydrogen) atoms. The molecule has 0 radical (unpaired) electrons. The zero-order valence-corrected chi connectivity index (χ0v) is 13.9. The van der Waals surface area contributed by atoms with Gasteiger partial charge in [-0.15, -0.1) is 0 Å². The fourth-order valence-electron chi connectivity index (χ4n) is 3.33. The van der Waals surface area contributed by atoms with Gasteiger partial charge in [-0.3, -0.25) is 0 Å². The average molecular weight is 361 g/mol. The third-order valence-electron chi connectivity index (χ3n) is 4.89. The Labute approximate surface area is 148 Å². The maximum absolute atomic E-state index is 13.6. The Morgan fingerprint density at radius 3 is 2.42 bits per heavy atom. The fraction of sp³-hybridized carbons (Fsp3) is 0.389. The highest BCUT2D eigenvalue weighted by Crippen LogP contribution is 2.54. The minimum Gasteiger partial charge on any atom is -0.487 e. The number of carbonyl (C=O) groups excluding carboxylic acids is 1. The van der Waals surface area contributed by atoms with Gasteiger partial charge in [0.25, 0.3) is 11.9 Å². The Balaban J connectivity index is 1.45. The van der Waals surface area contributed by atoms with Crippen molar-refractivity contribution in [1.82, 2.24) is 14.9 Å². The van der Waals surface area contributed by atoms with Crippen LogP contribution in [0.4, 0.5) is 13.6 Å². The molecule has 2 fully saturated rings. The molecule has 1 aliphatic carbocycles. The number of nitrogens with zero attached hydrogens (tertiary/aromatic N) is 3. The summed E-state index contributed by atoms with van der Waals surface area (Å²) in [7, 11) is 0. The molecule has 0 unspecified atom stereocenters. The summed E-state index contributed by atoms with van der Waals surface area (Å²) >= 11 is 0. The number of amides is 1. The molecule has 4 rings (SSSR count). The second-order valence-corrected chi connectivity index (χ2v) is 6.75. The van der Waals surface area contributed by atoms with Crippen molar-refractivity contribution in [3.63, 3.8) is 0 Å². The van der Waals surface area contributed by atoms with Crippen molar-refractivity contribution >= 4 is 6.09 Å².